The number of methoxy groups -OCH3 is 1. The third kappa shape index (κ3) is 5.06. The summed E-state index contributed by atoms with van der Waals surface area (Å²) in [6.45, 7) is 4.16. The van der Waals surface area contributed by atoms with E-state index in [1.165, 1.54) is 0 Å². The number of rotatable bonds is 5. The van der Waals surface area contributed by atoms with Gasteiger partial charge in [0, 0.05) is 58.1 Å². The van der Waals surface area contributed by atoms with Crippen LogP contribution in [0, 0.1) is 0 Å². The number of ether oxygens (including phenoxy) is 1. The van der Waals surface area contributed by atoms with E-state index in [1.54, 1.807) is 13.3 Å². The zero-order valence-corrected chi connectivity index (χ0v) is 17.2. The van der Waals surface area contributed by atoms with Crippen LogP contribution in [0.2, 0.25) is 0 Å². The number of aromatic nitrogens is 3. The molecule has 144 valence electrons. The van der Waals surface area contributed by atoms with Crippen LogP contribution in [-0.2, 0) is 6.42 Å². The van der Waals surface area contributed by atoms with Crippen LogP contribution in [0.5, 0.6) is 5.88 Å². The average molecular weight is 434 g/mol. The largest absolute Gasteiger partial charge is 0.480 e. The summed E-state index contributed by atoms with van der Waals surface area (Å²) >= 11 is 3.39. The van der Waals surface area contributed by atoms with Gasteiger partial charge in [-0.3, -0.25) is 9.98 Å². The van der Waals surface area contributed by atoms with Crippen LogP contribution in [0.15, 0.2) is 40.1 Å². The third-order valence-electron chi connectivity index (χ3n) is 4.36. The van der Waals surface area contributed by atoms with Gasteiger partial charge in [0.2, 0.25) is 11.8 Å². The van der Waals surface area contributed by atoms with Gasteiger partial charge in [-0.1, -0.05) is 6.07 Å². The molecule has 0 amide bonds. The summed E-state index contributed by atoms with van der Waals surface area (Å²) in [6.07, 6.45) is 4.42. The minimum atomic E-state index is 0.550. The highest BCUT2D eigenvalue weighted by Crippen LogP contribution is 2.23. The van der Waals surface area contributed by atoms with E-state index in [9.17, 15) is 0 Å². The molecule has 0 atom stereocenters. The maximum absolute atomic E-state index is 5.26. The first-order chi connectivity index (χ1) is 13.2. The molecule has 27 heavy (non-hydrogen) atoms. The van der Waals surface area contributed by atoms with Gasteiger partial charge in [0.05, 0.1) is 17.8 Å². The maximum atomic E-state index is 5.26. The van der Waals surface area contributed by atoms with Gasteiger partial charge in [0.15, 0.2) is 5.96 Å². The first kappa shape index (κ1) is 19.3. The normalized spacial score (nSPS) is 15.0. The SMILES string of the molecule is CN=C(NCCc1ccccn1)N1CCN(c2ncc(Br)c(OC)n2)CC1. The molecule has 0 aromatic carbocycles. The summed E-state index contributed by atoms with van der Waals surface area (Å²) < 4.78 is 6.02. The molecule has 1 aliphatic heterocycles. The molecule has 3 rings (SSSR count). The minimum absolute atomic E-state index is 0.550. The number of aliphatic imine (C=N–C) groups is 1. The van der Waals surface area contributed by atoms with Crippen molar-refractivity contribution in [1.82, 2.24) is 25.2 Å². The van der Waals surface area contributed by atoms with Crippen molar-refractivity contribution in [3.05, 3.63) is 40.8 Å². The molecule has 1 N–H and O–H groups in total. The van der Waals surface area contributed by atoms with Gasteiger partial charge in [-0.25, -0.2) is 4.98 Å². The summed E-state index contributed by atoms with van der Waals surface area (Å²) in [7, 11) is 3.42. The molecule has 1 fully saturated rings. The van der Waals surface area contributed by atoms with Crippen LogP contribution >= 0.6 is 15.9 Å². The van der Waals surface area contributed by atoms with Crippen molar-refractivity contribution in [1.29, 1.82) is 0 Å². The summed E-state index contributed by atoms with van der Waals surface area (Å²) in [5.74, 6) is 2.15. The standard InChI is InChI=1S/C18H24BrN7O/c1-20-17(22-8-6-14-5-3-4-7-21-14)25-9-11-26(12-10-25)18-23-13-15(19)16(24-18)27-2/h3-5,7,13H,6,8-12H2,1-2H3,(H,20,22). The monoisotopic (exact) mass is 433 g/mol. The highest BCUT2D eigenvalue weighted by molar-refractivity contribution is 9.10. The van der Waals surface area contributed by atoms with Gasteiger partial charge in [-0.2, -0.15) is 4.98 Å². The molecule has 1 saturated heterocycles. The highest BCUT2D eigenvalue weighted by atomic mass is 79.9. The van der Waals surface area contributed by atoms with Crippen LogP contribution in [0.25, 0.3) is 0 Å². The second-order valence-electron chi connectivity index (χ2n) is 6.05. The Balaban J connectivity index is 1.51. The Hall–Kier alpha value is -2.42. The second-order valence-corrected chi connectivity index (χ2v) is 6.90. The van der Waals surface area contributed by atoms with Crippen molar-refractivity contribution in [2.75, 3.05) is 51.8 Å². The fourth-order valence-corrected chi connectivity index (χ4v) is 3.29. The Kier molecular flexibility index (Phi) is 6.80. The van der Waals surface area contributed by atoms with Crippen LogP contribution in [0.1, 0.15) is 5.69 Å². The number of anilines is 1. The van der Waals surface area contributed by atoms with Crippen molar-refractivity contribution in [2.45, 2.75) is 6.42 Å². The van der Waals surface area contributed by atoms with Gasteiger partial charge in [0.25, 0.3) is 0 Å². The molecule has 0 unspecified atom stereocenters. The maximum Gasteiger partial charge on any atom is 0.232 e. The van der Waals surface area contributed by atoms with E-state index in [4.69, 9.17) is 4.74 Å². The molecule has 8 nitrogen and oxygen atoms in total. The molecule has 0 saturated carbocycles. The highest BCUT2D eigenvalue weighted by Gasteiger charge is 2.22. The number of pyridine rings is 1. The smallest absolute Gasteiger partial charge is 0.232 e. The summed E-state index contributed by atoms with van der Waals surface area (Å²) in [5, 5.41) is 3.43. The lowest BCUT2D eigenvalue weighted by Crippen LogP contribution is -2.53. The predicted molar refractivity (Wildman–Crippen MR) is 109 cm³/mol. The predicted octanol–water partition coefficient (Wildman–Crippen LogP) is 1.58. The molecule has 2 aromatic rings. The molecule has 1 aliphatic rings. The van der Waals surface area contributed by atoms with E-state index in [1.807, 2.05) is 31.4 Å². The molecule has 2 aromatic heterocycles. The topological polar surface area (TPSA) is 78.8 Å². The quantitative estimate of drug-likeness (QED) is 0.566. The van der Waals surface area contributed by atoms with Gasteiger partial charge in [-0.15, -0.1) is 0 Å². The van der Waals surface area contributed by atoms with Crippen LogP contribution in [0.3, 0.4) is 0 Å². The lowest BCUT2D eigenvalue weighted by Gasteiger charge is -2.36. The number of nitrogens with one attached hydrogen (secondary N) is 1. The van der Waals surface area contributed by atoms with Crippen molar-refractivity contribution in [2.24, 2.45) is 4.99 Å². The Morgan fingerprint density at radius 1 is 1.26 bits per heavy atom. The number of hydrogen-bond donors (Lipinski definition) is 1. The van der Waals surface area contributed by atoms with Crippen molar-refractivity contribution in [3.63, 3.8) is 0 Å². The van der Waals surface area contributed by atoms with Gasteiger partial charge in [-0.05, 0) is 28.1 Å². The van der Waals surface area contributed by atoms with E-state index >= 15 is 0 Å². The van der Waals surface area contributed by atoms with Crippen molar-refractivity contribution < 1.29 is 4.74 Å². The molecule has 9 heteroatoms. The second kappa shape index (κ2) is 9.50. The number of piperazine rings is 1. The zero-order chi connectivity index (χ0) is 19.1. The summed E-state index contributed by atoms with van der Waals surface area (Å²) in [4.78, 5) is 22.0. The fourth-order valence-electron chi connectivity index (χ4n) is 2.94. The van der Waals surface area contributed by atoms with Crippen LogP contribution in [0.4, 0.5) is 5.95 Å². The lowest BCUT2D eigenvalue weighted by atomic mass is 10.3. The Bertz CT molecular complexity index is 764. The van der Waals surface area contributed by atoms with Crippen LogP contribution in [-0.4, -0.2) is 72.7 Å². The number of nitrogens with zero attached hydrogens (tertiary/aromatic N) is 6. The number of hydrogen-bond acceptors (Lipinski definition) is 6. The summed E-state index contributed by atoms with van der Waals surface area (Å²) in [6, 6.07) is 5.98. The fraction of sp³-hybridized carbons (Fsp3) is 0.444. The molecule has 3 heterocycles. The Labute approximate surface area is 167 Å². The van der Waals surface area contributed by atoms with Crippen molar-refractivity contribution >= 4 is 27.8 Å². The third-order valence-corrected chi connectivity index (χ3v) is 4.90. The summed E-state index contributed by atoms with van der Waals surface area (Å²) in [5.41, 5.74) is 1.08. The number of guanidine groups is 1. The molecular formula is C18H24BrN7O. The van der Waals surface area contributed by atoms with Gasteiger partial charge >= 0.3 is 0 Å². The van der Waals surface area contributed by atoms with Gasteiger partial charge < -0.3 is 19.9 Å². The Morgan fingerprint density at radius 3 is 2.74 bits per heavy atom. The molecule has 0 bridgehead atoms. The van der Waals surface area contributed by atoms with Crippen LogP contribution < -0.4 is 15.0 Å². The first-order valence-corrected chi connectivity index (χ1v) is 9.67. The van der Waals surface area contributed by atoms with E-state index in [0.29, 0.717) is 11.8 Å². The first-order valence-electron chi connectivity index (χ1n) is 8.88. The Morgan fingerprint density at radius 2 is 2.07 bits per heavy atom. The van der Waals surface area contributed by atoms with Crippen molar-refractivity contribution in [3.8, 4) is 5.88 Å². The molecule has 0 radical (unpaired) electrons. The minimum Gasteiger partial charge on any atom is -0.480 e. The molecule has 0 aliphatic carbocycles. The molecule has 0 spiro atoms. The average Bonchev–Trinajstić information content (AvgIpc) is 2.73. The van der Waals surface area contributed by atoms with Gasteiger partial charge in [0.1, 0.15) is 0 Å². The lowest BCUT2D eigenvalue weighted by molar-refractivity contribution is 0.366. The molecular weight excluding hydrogens is 410 g/mol. The zero-order valence-electron chi connectivity index (χ0n) is 15.6. The number of halogens is 1. The van der Waals surface area contributed by atoms with E-state index in [2.05, 4.69) is 51.0 Å². The van der Waals surface area contributed by atoms with E-state index < -0.39 is 0 Å². The van der Waals surface area contributed by atoms with E-state index in [0.717, 1.165) is 55.3 Å². The van der Waals surface area contributed by atoms with E-state index in [-0.39, 0.29) is 0 Å².